The van der Waals surface area contributed by atoms with Crippen LogP contribution in [0.15, 0.2) is 36.7 Å². The van der Waals surface area contributed by atoms with Crippen LogP contribution in [-0.4, -0.2) is 24.2 Å². The summed E-state index contributed by atoms with van der Waals surface area (Å²) < 4.78 is 5.36. The number of aromatic nitrogens is 1. The lowest BCUT2D eigenvalue weighted by Gasteiger charge is -2.23. The number of hydrogen-bond donors (Lipinski definition) is 1. The Morgan fingerprint density at radius 3 is 2.94 bits per heavy atom. The number of rotatable bonds is 3. The predicted octanol–water partition coefficient (Wildman–Crippen LogP) is 2.50. The van der Waals surface area contributed by atoms with Gasteiger partial charge in [0.05, 0.1) is 0 Å². The highest BCUT2D eigenvalue weighted by atomic mass is 16.5. The summed E-state index contributed by atoms with van der Waals surface area (Å²) >= 11 is 0. The van der Waals surface area contributed by atoms with E-state index in [0.717, 1.165) is 32.6 Å². The molecule has 1 saturated heterocycles. The lowest BCUT2D eigenvalue weighted by Crippen LogP contribution is -2.34. The van der Waals surface area contributed by atoms with Gasteiger partial charge in [-0.15, -0.1) is 0 Å². The van der Waals surface area contributed by atoms with Crippen LogP contribution in [0, 0.1) is 0 Å². The third-order valence-electron chi connectivity index (χ3n) is 3.52. The summed E-state index contributed by atoms with van der Waals surface area (Å²) in [6, 6.07) is 9.22. The van der Waals surface area contributed by atoms with Crippen molar-refractivity contribution >= 4 is 10.8 Å². The van der Waals surface area contributed by atoms with Crippen molar-refractivity contribution < 1.29 is 4.74 Å². The molecular weight excluding hydrogens is 224 g/mol. The zero-order valence-electron chi connectivity index (χ0n) is 10.4. The normalized spacial score (nSPS) is 17.1. The van der Waals surface area contributed by atoms with E-state index >= 15 is 0 Å². The fraction of sp³-hybridized carbons (Fsp3) is 0.400. The van der Waals surface area contributed by atoms with Crippen molar-refractivity contribution in [3.05, 3.63) is 42.2 Å². The summed E-state index contributed by atoms with van der Waals surface area (Å²) in [6.07, 6.45) is 6.00. The fourth-order valence-corrected chi connectivity index (χ4v) is 2.41. The molecule has 2 heterocycles. The minimum atomic E-state index is 0.604. The van der Waals surface area contributed by atoms with Gasteiger partial charge in [-0.2, -0.15) is 0 Å². The standard InChI is InChI=1S/C15H18N2O/c1-2-14-11-16-6-3-13(14)9-12(1)10-17-15-4-7-18-8-5-15/h1-3,6,9,11,15,17H,4-5,7-8,10H2. The fourth-order valence-electron chi connectivity index (χ4n) is 2.41. The van der Waals surface area contributed by atoms with Crippen LogP contribution < -0.4 is 5.32 Å². The van der Waals surface area contributed by atoms with Gasteiger partial charge in [-0.25, -0.2) is 0 Å². The van der Waals surface area contributed by atoms with E-state index in [1.165, 1.54) is 16.3 Å². The average Bonchev–Trinajstić information content (AvgIpc) is 2.46. The Morgan fingerprint density at radius 1 is 1.17 bits per heavy atom. The van der Waals surface area contributed by atoms with Gasteiger partial charge in [-0.3, -0.25) is 4.98 Å². The molecule has 1 aliphatic heterocycles. The molecule has 0 bridgehead atoms. The maximum atomic E-state index is 5.36. The molecule has 0 saturated carbocycles. The Morgan fingerprint density at radius 2 is 2.06 bits per heavy atom. The summed E-state index contributed by atoms with van der Waals surface area (Å²) in [5, 5.41) is 6.07. The zero-order chi connectivity index (χ0) is 12.2. The van der Waals surface area contributed by atoms with Gasteiger partial charge in [0.2, 0.25) is 0 Å². The molecule has 0 unspecified atom stereocenters. The summed E-state index contributed by atoms with van der Waals surface area (Å²) in [7, 11) is 0. The van der Waals surface area contributed by atoms with Crippen LogP contribution in [0.3, 0.4) is 0 Å². The number of ether oxygens (including phenoxy) is 1. The van der Waals surface area contributed by atoms with Crippen LogP contribution in [0.1, 0.15) is 18.4 Å². The highest BCUT2D eigenvalue weighted by Crippen LogP contribution is 2.15. The lowest BCUT2D eigenvalue weighted by molar-refractivity contribution is 0.0776. The quantitative estimate of drug-likeness (QED) is 0.898. The molecule has 0 aliphatic carbocycles. The summed E-state index contributed by atoms with van der Waals surface area (Å²) in [6.45, 7) is 2.71. The molecule has 1 aromatic heterocycles. The van der Waals surface area contributed by atoms with Crippen molar-refractivity contribution in [1.29, 1.82) is 0 Å². The van der Waals surface area contributed by atoms with Crippen molar-refractivity contribution in [1.82, 2.24) is 10.3 Å². The molecule has 3 heteroatoms. The second-order valence-electron chi connectivity index (χ2n) is 4.82. The van der Waals surface area contributed by atoms with E-state index in [1.54, 1.807) is 0 Å². The number of fused-ring (bicyclic) bond motifs is 1. The summed E-state index contributed by atoms with van der Waals surface area (Å²) in [5.41, 5.74) is 1.33. The van der Waals surface area contributed by atoms with Crippen LogP contribution in [0.4, 0.5) is 0 Å². The number of nitrogens with one attached hydrogen (secondary N) is 1. The number of nitrogens with zero attached hydrogens (tertiary/aromatic N) is 1. The Hall–Kier alpha value is -1.45. The molecule has 0 atom stereocenters. The van der Waals surface area contributed by atoms with Gasteiger partial charge in [0.25, 0.3) is 0 Å². The first kappa shape index (κ1) is 11.6. The van der Waals surface area contributed by atoms with Crippen LogP contribution in [0.25, 0.3) is 10.8 Å². The predicted molar refractivity (Wildman–Crippen MR) is 72.4 cm³/mol. The summed E-state index contributed by atoms with van der Waals surface area (Å²) in [5.74, 6) is 0. The van der Waals surface area contributed by atoms with E-state index in [4.69, 9.17) is 4.74 Å². The molecule has 1 aromatic carbocycles. The van der Waals surface area contributed by atoms with Gasteiger partial charge in [-0.05, 0) is 35.9 Å². The van der Waals surface area contributed by atoms with Gasteiger partial charge < -0.3 is 10.1 Å². The molecule has 0 radical (unpaired) electrons. The average molecular weight is 242 g/mol. The van der Waals surface area contributed by atoms with Gasteiger partial charge in [0, 0.05) is 43.6 Å². The molecule has 0 amide bonds. The molecular formula is C15H18N2O. The zero-order valence-corrected chi connectivity index (χ0v) is 10.4. The van der Waals surface area contributed by atoms with Gasteiger partial charge in [0.15, 0.2) is 0 Å². The highest BCUT2D eigenvalue weighted by molar-refractivity contribution is 5.81. The molecule has 1 fully saturated rings. The lowest BCUT2D eigenvalue weighted by atomic mass is 10.1. The van der Waals surface area contributed by atoms with E-state index in [0.29, 0.717) is 6.04 Å². The van der Waals surface area contributed by atoms with E-state index in [9.17, 15) is 0 Å². The Balaban J connectivity index is 1.66. The third kappa shape index (κ3) is 2.68. The highest BCUT2D eigenvalue weighted by Gasteiger charge is 2.12. The van der Waals surface area contributed by atoms with E-state index in [-0.39, 0.29) is 0 Å². The maximum absolute atomic E-state index is 5.36. The Kier molecular flexibility index (Phi) is 3.53. The summed E-state index contributed by atoms with van der Waals surface area (Å²) in [4.78, 5) is 4.13. The van der Waals surface area contributed by atoms with Crippen LogP contribution >= 0.6 is 0 Å². The number of benzene rings is 1. The molecule has 18 heavy (non-hydrogen) atoms. The first-order valence-electron chi connectivity index (χ1n) is 6.55. The first-order chi connectivity index (χ1) is 8.92. The molecule has 1 N–H and O–H groups in total. The SMILES string of the molecule is c1cc2cc(CNC3CCOCC3)ccc2cn1. The Bertz CT molecular complexity index is 521. The Labute approximate surface area is 107 Å². The van der Waals surface area contributed by atoms with Crippen LogP contribution in [0.2, 0.25) is 0 Å². The molecule has 1 aliphatic rings. The van der Waals surface area contributed by atoms with E-state index in [1.807, 2.05) is 12.4 Å². The minimum absolute atomic E-state index is 0.604. The van der Waals surface area contributed by atoms with Gasteiger partial charge in [-0.1, -0.05) is 12.1 Å². The van der Waals surface area contributed by atoms with Crippen molar-refractivity contribution in [2.45, 2.75) is 25.4 Å². The number of pyridine rings is 1. The molecule has 3 rings (SSSR count). The van der Waals surface area contributed by atoms with Crippen molar-refractivity contribution in [2.75, 3.05) is 13.2 Å². The third-order valence-corrected chi connectivity index (χ3v) is 3.52. The van der Waals surface area contributed by atoms with Gasteiger partial charge in [0.1, 0.15) is 0 Å². The van der Waals surface area contributed by atoms with E-state index in [2.05, 4.69) is 34.6 Å². The largest absolute Gasteiger partial charge is 0.381 e. The topological polar surface area (TPSA) is 34.1 Å². The second-order valence-corrected chi connectivity index (χ2v) is 4.82. The van der Waals surface area contributed by atoms with Crippen LogP contribution in [-0.2, 0) is 11.3 Å². The smallest absolute Gasteiger partial charge is 0.0480 e. The maximum Gasteiger partial charge on any atom is 0.0480 e. The molecule has 3 nitrogen and oxygen atoms in total. The van der Waals surface area contributed by atoms with E-state index < -0.39 is 0 Å². The molecule has 0 spiro atoms. The van der Waals surface area contributed by atoms with Crippen molar-refractivity contribution in [2.24, 2.45) is 0 Å². The van der Waals surface area contributed by atoms with Crippen molar-refractivity contribution in [3.63, 3.8) is 0 Å². The number of hydrogen-bond acceptors (Lipinski definition) is 3. The second kappa shape index (κ2) is 5.46. The van der Waals surface area contributed by atoms with Crippen molar-refractivity contribution in [3.8, 4) is 0 Å². The van der Waals surface area contributed by atoms with Crippen LogP contribution in [0.5, 0.6) is 0 Å². The molecule has 94 valence electrons. The molecule has 2 aromatic rings. The van der Waals surface area contributed by atoms with Gasteiger partial charge >= 0.3 is 0 Å². The minimum Gasteiger partial charge on any atom is -0.381 e. The monoisotopic (exact) mass is 242 g/mol. The first-order valence-corrected chi connectivity index (χ1v) is 6.55.